The number of urea groups is 1. The summed E-state index contributed by atoms with van der Waals surface area (Å²) in [7, 11) is 0. The molecule has 6 heteroatoms. The number of nitrogens with one attached hydrogen (secondary N) is 1. The lowest BCUT2D eigenvalue weighted by molar-refractivity contribution is -0.0852. The predicted octanol–water partition coefficient (Wildman–Crippen LogP) is 1.77. The molecule has 3 rings (SSSR count). The minimum absolute atomic E-state index is 0.0871. The van der Waals surface area contributed by atoms with Crippen LogP contribution in [0.3, 0.4) is 0 Å². The summed E-state index contributed by atoms with van der Waals surface area (Å²) in [5.41, 5.74) is 0.971. The number of benzene rings is 1. The summed E-state index contributed by atoms with van der Waals surface area (Å²) in [6, 6.07) is 10.1. The molecular formula is C16H21N3O3. The molecule has 6 nitrogen and oxygen atoms in total. The van der Waals surface area contributed by atoms with Crippen molar-refractivity contribution in [3.8, 4) is 0 Å². The Morgan fingerprint density at radius 1 is 1.23 bits per heavy atom. The first-order chi connectivity index (χ1) is 10.6. The van der Waals surface area contributed by atoms with Crippen LogP contribution in [-0.2, 0) is 6.42 Å². The molecule has 3 amide bonds. The maximum Gasteiger partial charge on any atom is 0.407 e. The van der Waals surface area contributed by atoms with E-state index in [-0.39, 0.29) is 11.6 Å². The van der Waals surface area contributed by atoms with Crippen LogP contribution < -0.4 is 5.32 Å². The van der Waals surface area contributed by atoms with Gasteiger partial charge in [0, 0.05) is 26.2 Å². The summed E-state index contributed by atoms with van der Waals surface area (Å²) >= 11 is 0. The molecule has 2 aliphatic heterocycles. The highest BCUT2D eigenvalue weighted by Gasteiger charge is 2.56. The lowest BCUT2D eigenvalue weighted by atomic mass is 9.78. The smallest absolute Gasteiger partial charge is 0.407 e. The van der Waals surface area contributed by atoms with Gasteiger partial charge in [0.05, 0.1) is 5.54 Å². The van der Waals surface area contributed by atoms with Crippen molar-refractivity contribution >= 4 is 12.1 Å². The van der Waals surface area contributed by atoms with Crippen molar-refractivity contribution in [2.45, 2.75) is 24.8 Å². The van der Waals surface area contributed by atoms with Crippen LogP contribution in [0.15, 0.2) is 30.3 Å². The number of rotatable bonds is 4. The number of hydrogen-bond donors (Lipinski definition) is 2. The lowest BCUT2D eigenvalue weighted by Crippen LogP contribution is -2.79. The average Bonchev–Trinajstić information content (AvgIpc) is 2.41. The van der Waals surface area contributed by atoms with Gasteiger partial charge < -0.3 is 15.3 Å². The van der Waals surface area contributed by atoms with Crippen molar-refractivity contribution in [1.82, 2.24) is 15.1 Å². The van der Waals surface area contributed by atoms with Crippen LogP contribution >= 0.6 is 0 Å². The van der Waals surface area contributed by atoms with Gasteiger partial charge in [-0.25, -0.2) is 9.59 Å². The Morgan fingerprint density at radius 3 is 2.55 bits per heavy atom. The number of nitrogens with zero attached hydrogens (tertiary/aromatic N) is 2. The first-order valence-corrected chi connectivity index (χ1v) is 7.68. The molecule has 2 fully saturated rings. The fraction of sp³-hybridized carbons (Fsp3) is 0.500. The molecule has 22 heavy (non-hydrogen) atoms. The molecule has 2 saturated heterocycles. The maximum absolute atomic E-state index is 12.0. The summed E-state index contributed by atoms with van der Waals surface area (Å²) in [5, 5.41) is 12.0. The molecule has 0 bridgehead atoms. The highest BCUT2D eigenvalue weighted by atomic mass is 16.4. The Bertz CT molecular complexity index is 555. The number of hydrogen-bond acceptors (Lipinski definition) is 2. The number of aryl methyl sites for hydroxylation is 1. The molecule has 0 aromatic heterocycles. The van der Waals surface area contributed by atoms with Crippen molar-refractivity contribution < 1.29 is 14.7 Å². The summed E-state index contributed by atoms with van der Waals surface area (Å²) in [6.45, 7) is 2.26. The molecule has 2 heterocycles. The molecule has 2 aliphatic rings. The zero-order valence-electron chi connectivity index (χ0n) is 12.5. The number of amides is 3. The predicted molar refractivity (Wildman–Crippen MR) is 81.8 cm³/mol. The summed E-state index contributed by atoms with van der Waals surface area (Å²) in [4.78, 5) is 26.2. The molecular weight excluding hydrogens is 282 g/mol. The first kappa shape index (κ1) is 14.7. The van der Waals surface area contributed by atoms with Crippen LogP contribution in [0.2, 0.25) is 0 Å². The van der Waals surface area contributed by atoms with Gasteiger partial charge in [-0.05, 0) is 24.8 Å². The Kier molecular flexibility index (Phi) is 3.92. The number of carboxylic acid groups (broad SMARTS) is 1. The second-order valence-corrected chi connectivity index (χ2v) is 6.09. The highest BCUT2D eigenvalue weighted by Crippen LogP contribution is 2.38. The summed E-state index contributed by atoms with van der Waals surface area (Å²) in [6.07, 6.45) is 1.82. The van der Waals surface area contributed by atoms with E-state index in [2.05, 4.69) is 17.4 Å². The molecule has 118 valence electrons. The first-order valence-electron chi connectivity index (χ1n) is 7.68. The standard InChI is InChI=1S/C16H21N3O3/c20-14(17-9-4-7-13-5-2-1-3-6-13)18-11-16(12-18)8-10-19(16)15(21)22/h1-3,5-6H,4,7-12H2,(H,17,20)(H,21,22). The zero-order chi connectivity index (χ0) is 15.6. The quantitative estimate of drug-likeness (QED) is 0.833. The van der Waals surface area contributed by atoms with Gasteiger partial charge in [0.1, 0.15) is 0 Å². The third-order valence-electron chi connectivity index (χ3n) is 4.62. The van der Waals surface area contributed by atoms with Crippen LogP contribution in [-0.4, -0.2) is 58.7 Å². The van der Waals surface area contributed by atoms with Gasteiger partial charge in [0.25, 0.3) is 0 Å². The average molecular weight is 303 g/mol. The highest BCUT2D eigenvalue weighted by molar-refractivity contribution is 5.77. The fourth-order valence-electron chi connectivity index (χ4n) is 3.22. The Hall–Kier alpha value is -2.24. The van der Waals surface area contributed by atoms with E-state index in [0.717, 1.165) is 19.3 Å². The largest absolute Gasteiger partial charge is 0.465 e. The Balaban J connectivity index is 1.35. The molecule has 0 radical (unpaired) electrons. The van der Waals surface area contributed by atoms with E-state index < -0.39 is 6.09 Å². The molecule has 0 unspecified atom stereocenters. The maximum atomic E-state index is 12.0. The van der Waals surface area contributed by atoms with Gasteiger partial charge >= 0.3 is 12.1 Å². The lowest BCUT2D eigenvalue weighted by Gasteiger charge is -2.61. The van der Waals surface area contributed by atoms with Gasteiger partial charge in [-0.2, -0.15) is 0 Å². The minimum atomic E-state index is -0.880. The van der Waals surface area contributed by atoms with Crippen LogP contribution in [0.25, 0.3) is 0 Å². The third-order valence-corrected chi connectivity index (χ3v) is 4.62. The molecule has 1 aromatic rings. The molecule has 0 atom stereocenters. The van der Waals surface area contributed by atoms with Crippen LogP contribution in [0, 0.1) is 0 Å². The number of carbonyl (C=O) groups excluding carboxylic acids is 1. The van der Waals surface area contributed by atoms with E-state index in [1.165, 1.54) is 10.5 Å². The van der Waals surface area contributed by atoms with Gasteiger partial charge in [0.2, 0.25) is 0 Å². The van der Waals surface area contributed by atoms with Gasteiger partial charge in [0.15, 0.2) is 0 Å². The van der Waals surface area contributed by atoms with Gasteiger partial charge in [-0.3, -0.25) is 4.90 Å². The van der Waals surface area contributed by atoms with E-state index in [1.807, 2.05) is 18.2 Å². The Morgan fingerprint density at radius 2 is 1.95 bits per heavy atom. The fourth-order valence-corrected chi connectivity index (χ4v) is 3.22. The van der Waals surface area contributed by atoms with Crippen molar-refractivity contribution in [2.24, 2.45) is 0 Å². The Labute approximate surface area is 129 Å². The molecule has 2 N–H and O–H groups in total. The van der Waals surface area contributed by atoms with E-state index in [0.29, 0.717) is 26.2 Å². The van der Waals surface area contributed by atoms with Crippen molar-refractivity contribution in [3.63, 3.8) is 0 Å². The normalized spacial score (nSPS) is 18.5. The molecule has 0 saturated carbocycles. The van der Waals surface area contributed by atoms with E-state index >= 15 is 0 Å². The van der Waals surface area contributed by atoms with E-state index in [4.69, 9.17) is 5.11 Å². The van der Waals surface area contributed by atoms with Gasteiger partial charge in [-0.15, -0.1) is 0 Å². The third kappa shape index (κ3) is 2.73. The number of likely N-dealkylation sites (tertiary alicyclic amines) is 2. The minimum Gasteiger partial charge on any atom is -0.465 e. The van der Waals surface area contributed by atoms with Gasteiger partial charge in [-0.1, -0.05) is 30.3 Å². The SMILES string of the molecule is O=C(NCCCc1ccccc1)N1CC2(CCN2C(=O)O)C1. The summed E-state index contributed by atoms with van der Waals surface area (Å²) in [5.74, 6) is 0. The van der Waals surface area contributed by atoms with Crippen molar-refractivity contribution in [1.29, 1.82) is 0 Å². The second kappa shape index (κ2) is 5.87. The second-order valence-electron chi connectivity index (χ2n) is 6.09. The molecule has 1 aromatic carbocycles. The van der Waals surface area contributed by atoms with Crippen LogP contribution in [0.4, 0.5) is 9.59 Å². The summed E-state index contributed by atoms with van der Waals surface area (Å²) < 4.78 is 0. The topological polar surface area (TPSA) is 72.9 Å². The van der Waals surface area contributed by atoms with E-state index in [9.17, 15) is 9.59 Å². The molecule has 0 aliphatic carbocycles. The number of carbonyl (C=O) groups is 2. The van der Waals surface area contributed by atoms with Crippen molar-refractivity contribution in [3.05, 3.63) is 35.9 Å². The van der Waals surface area contributed by atoms with Crippen molar-refractivity contribution in [2.75, 3.05) is 26.2 Å². The molecule has 1 spiro atoms. The van der Waals surface area contributed by atoms with Crippen LogP contribution in [0.5, 0.6) is 0 Å². The monoisotopic (exact) mass is 303 g/mol. The van der Waals surface area contributed by atoms with Crippen LogP contribution in [0.1, 0.15) is 18.4 Å². The van der Waals surface area contributed by atoms with E-state index in [1.54, 1.807) is 4.90 Å². The zero-order valence-corrected chi connectivity index (χ0v) is 12.5.